The lowest BCUT2D eigenvalue weighted by molar-refractivity contribution is 0.00936. The second-order valence-electron chi connectivity index (χ2n) is 4.61. The van der Waals surface area contributed by atoms with Crippen LogP contribution in [0.4, 0.5) is 0 Å². The van der Waals surface area contributed by atoms with Crippen LogP contribution in [0.1, 0.15) is 40.0 Å². The van der Waals surface area contributed by atoms with E-state index in [1.165, 1.54) is 0 Å². The van der Waals surface area contributed by atoms with Crippen molar-refractivity contribution in [1.29, 1.82) is 0 Å². The smallest absolute Gasteiger partial charge is 0.0623 e. The molecule has 15 heavy (non-hydrogen) atoms. The second-order valence-corrected chi connectivity index (χ2v) is 4.61. The number of hydrogen-bond acceptors (Lipinski definition) is 3. The van der Waals surface area contributed by atoms with Crippen LogP contribution in [0.5, 0.6) is 0 Å². The van der Waals surface area contributed by atoms with Gasteiger partial charge in [-0.1, -0.05) is 6.92 Å². The van der Waals surface area contributed by atoms with Crippen molar-refractivity contribution in [2.24, 2.45) is 0 Å². The molecule has 3 nitrogen and oxygen atoms in total. The third-order valence-electron chi connectivity index (χ3n) is 2.70. The summed E-state index contributed by atoms with van der Waals surface area (Å²) in [6, 6.07) is 0.448. The predicted octanol–water partition coefficient (Wildman–Crippen LogP) is 2.21. The standard InChI is InChI=1S/C12H27NO2/c1-6-9-13-11(10-14-4)7-8-12(2,3)15-5/h11,13H,6-10H2,1-5H3. The van der Waals surface area contributed by atoms with Crippen molar-refractivity contribution in [1.82, 2.24) is 5.32 Å². The van der Waals surface area contributed by atoms with Gasteiger partial charge in [0.15, 0.2) is 0 Å². The van der Waals surface area contributed by atoms with Crippen LogP contribution in [0, 0.1) is 0 Å². The van der Waals surface area contributed by atoms with Crippen LogP contribution in [-0.4, -0.2) is 39.0 Å². The molecule has 0 amide bonds. The van der Waals surface area contributed by atoms with Gasteiger partial charge in [-0.05, 0) is 39.7 Å². The van der Waals surface area contributed by atoms with E-state index in [1.54, 1.807) is 14.2 Å². The van der Waals surface area contributed by atoms with Gasteiger partial charge >= 0.3 is 0 Å². The Hall–Kier alpha value is -0.120. The van der Waals surface area contributed by atoms with Crippen molar-refractivity contribution >= 4 is 0 Å². The maximum absolute atomic E-state index is 5.40. The number of rotatable bonds is 9. The zero-order valence-corrected chi connectivity index (χ0v) is 10.9. The molecule has 92 valence electrons. The fourth-order valence-electron chi connectivity index (χ4n) is 1.42. The molecule has 0 saturated heterocycles. The summed E-state index contributed by atoms with van der Waals surface area (Å²) in [5.41, 5.74) is -0.0279. The average molecular weight is 217 g/mol. The van der Waals surface area contributed by atoms with Crippen molar-refractivity contribution in [3.05, 3.63) is 0 Å². The topological polar surface area (TPSA) is 30.5 Å². The molecule has 0 radical (unpaired) electrons. The van der Waals surface area contributed by atoms with Gasteiger partial charge in [0.2, 0.25) is 0 Å². The number of methoxy groups -OCH3 is 2. The Labute approximate surface area is 94.5 Å². The lowest BCUT2D eigenvalue weighted by Crippen LogP contribution is -2.36. The molecule has 1 atom stereocenters. The fourth-order valence-corrected chi connectivity index (χ4v) is 1.42. The average Bonchev–Trinajstić information content (AvgIpc) is 2.22. The molecule has 0 aromatic carbocycles. The highest BCUT2D eigenvalue weighted by Crippen LogP contribution is 2.16. The quantitative estimate of drug-likeness (QED) is 0.642. The summed E-state index contributed by atoms with van der Waals surface area (Å²) in [4.78, 5) is 0. The molecule has 0 saturated carbocycles. The van der Waals surface area contributed by atoms with E-state index in [2.05, 4.69) is 26.1 Å². The minimum absolute atomic E-state index is 0.0279. The molecule has 1 N–H and O–H groups in total. The Morgan fingerprint density at radius 3 is 2.40 bits per heavy atom. The molecule has 0 aliphatic heterocycles. The van der Waals surface area contributed by atoms with E-state index < -0.39 is 0 Å². The minimum Gasteiger partial charge on any atom is -0.383 e. The van der Waals surface area contributed by atoms with Crippen LogP contribution in [0.2, 0.25) is 0 Å². The summed E-state index contributed by atoms with van der Waals surface area (Å²) >= 11 is 0. The zero-order valence-electron chi connectivity index (χ0n) is 10.9. The van der Waals surface area contributed by atoms with E-state index in [0.717, 1.165) is 32.4 Å². The van der Waals surface area contributed by atoms with E-state index in [4.69, 9.17) is 9.47 Å². The van der Waals surface area contributed by atoms with Crippen molar-refractivity contribution in [2.75, 3.05) is 27.4 Å². The highest BCUT2D eigenvalue weighted by atomic mass is 16.5. The van der Waals surface area contributed by atoms with Gasteiger partial charge in [-0.3, -0.25) is 0 Å². The maximum atomic E-state index is 5.40. The van der Waals surface area contributed by atoms with Crippen LogP contribution in [-0.2, 0) is 9.47 Å². The molecule has 3 heteroatoms. The largest absolute Gasteiger partial charge is 0.383 e. The Kier molecular flexibility index (Phi) is 8.02. The number of nitrogens with one attached hydrogen (secondary N) is 1. The second kappa shape index (κ2) is 8.08. The lowest BCUT2D eigenvalue weighted by atomic mass is 9.99. The van der Waals surface area contributed by atoms with Gasteiger partial charge in [0.05, 0.1) is 12.2 Å². The molecule has 0 rings (SSSR count). The summed E-state index contributed by atoms with van der Waals surface area (Å²) in [6.07, 6.45) is 3.30. The molecular weight excluding hydrogens is 190 g/mol. The third kappa shape index (κ3) is 7.77. The highest BCUT2D eigenvalue weighted by Gasteiger charge is 2.18. The van der Waals surface area contributed by atoms with Crippen LogP contribution >= 0.6 is 0 Å². The minimum atomic E-state index is -0.0279. The summed E-state index contributed by atoms with van der Waals surface area (Å²) in [5.74, 6) is 0. The first-order valence-electron chi connectivity index (χ1n) is 5.83. The predicted molar refractivity (Wildman–Crippen MR) is 64.3 cm³/mol. The molecule has 0 aliphatic carbocycles. The number of hydrogen-bond donors (Lipinski definition) is 1. The van der Waals surface area contributed by atoms with Gasteiger partial charge in [0, 0.05) is 20.3 Å². The molecular formula is C12H27NO2. The Morgan fingerprint density at radius 2 is 1.93 bits per heavy atom. The summed E-state index contributed by atoms with van der Waals surface area (Å²) in [6.45, 7) is 8.25. The first kappa shape index (κ1) is 14.9. The monoisotopic (exact) mass is 217 g/mol. The van der Waals surface area contributed by atoms with Crippen molar-refractivity contribution in [3.8, 4) is 0 Å². The van der Waals surface area contributed by atoms with Crippen LogP contribution in [0.25, 0.3) is 0 Å². The van der Waals surface area contributed by atoms with Gasteiger partial charge in [-0.15, -0.1) is 0 Å². The first-order chi connectivity index (χ1) is 7.05. The van der Waals surface area contributed by atoms with Crippen molar-refractivity contribution in [2.45, 2.75) is 51.7 Å². The Morgan fingerprint density at radius 1 is 1.27 bits per heavy atom. The van der Waals surface area contributed by atoms with Crippen LogP contribution in [0.15, 0.2) is 0 Å². The van der Waals surface area contributed by atoms with E-state index in [1.807, 2.05) is 0 Å². The van der Waals surface area contributed by atoms with E-state index in [-0.39, 0.29) is 5.60 Å². The molecule has 0 bridgehead atoms. The number of ether oxygens (including phenoxy) is 2. The molecule has 0 aromatic heterocycles. The molecule has 0 aromatic rings. The van der Waals surface area contributed by atoms with E-state index >= 15 is 0 Å². The lowest BCUT2D eigenvalue weighted by Gasteiger charge is -2.26. The van der Waals surface area contributed by atoms with Gasteiger partial charge in [-0.25, -0.2) is 0 Å². The van der Waals surface area contributed by atoms with Gasteiger partial charge < -0.3 is 14.8 Å². The highest BCUT2D eigenvalue weighted by molar-refractivity contribution is 4.74. The fraction of sp³-hybridized carbons (Fsp3) is 1.00. The van der Waals surface area contributed by atoms with E-state index in [9.17, 15) is 0 Å². The molecule has 0 spiro atoms. The normalized spacial score (nSPS) is 14.2. The van der Waals surface area contributed by atoms with Gasteiger partial charge in [0.1, 0.15) is 0 Å². The van der Waals surface area contributed by atoms with Crippen LogP contribution < -0.4 is 5.32 Å². The summed E-state index contributed by atoms with van der Waals surface area (Å²) in [5, 5.41) is 3.49. The third-order valence-corrected chi connectivity index (χ3v) is 2.70. The molecule has 0 fully saturated rings. The summed E-state index contributed by atoms with van der Waals surface area (Å²) < 4.78 is 10.6. The SMILES string of the molecule is CCCNC(CCC(C)(C)OC)COC. The van der Waals surface area contributed by atoms with Crippen LogP contribution in [0.3, 0.4) is 0 Å². The summed E-state index contributed by atoms with van der Waals surface area (Å²) in [7, 11) is 3.52. The maximum Gasteiger partial charge on any atom is 0.0623 e. The zero-order chi connectivity index (χ0) is 11.7. The Balaban J connectivity index is 3.83. The van der Waals surface area contributed by atoms with Crippen molar-refractivity contribution in [3.63, 3.8) is 0 Å². The molecule has 1 unspecified atom stereocenters. The Bertz CT molecular complexity index is 149. The molecule has 0 heterocycles. The van der Waals surface area contributed by atoms with Gasteiger partial charge in [0.25, 0.3) is 0 Å². The van der Waals surface area contributed by atoms with Crippen molar-refractivity contribution < 1.29 is 9.47 Å². The van der Waals surface area contributed by atoms with E-state index in [0.29, 0.717) is 6.04 Å². The van der Waals surface area contributed by atoms with Gasteiger partial charge in [-0.2, -0.15) is 0 Å². The first-order valence-corrected chi connectivity index (χ1v) is 5.83. The molecule has 0 aliphatic rings.